The van der Waals surface area contributed by atoms with Gasteiger partial charge in [0.15, 0.2) is 0 Å². The summed E-state index contributed by atoms with van der Waals surface area (Å²) in [5.41, 5.74) is 6.57. The minimum absolute atomic E-state index is 0.0876. The van der Waals surface area contributed by atoms with Crippen molar-refractivity contribution in [2.75, 3.05) is 31.1 Å². The van der Waals surface area contributed by atoms with E-state index in [9.17, 15) is 14.0 Å². The Balaban J connectivity index is 1.62. The molecule has 1 aliphatic rings. The summed E-state index contributed by atoms with van der Waals surface area (Å²) in [5.74, 6) is -0.363. The number of rotatable bonds is 5. The lowest BCUT2D eigenvalue weighted by Gasteiger charge is -2.36. The molecule has 6 nitrogen and oxygen atoms in total. The van der Waals surface area contributed by atoms with Crippen LogP contribution in [-0.2, 0) is 4.79 Å². The van der Waals surface area contributed by atoms with Crippen LogP contribution in [0.5, 0.6) is 0 Å². The standard InChI is InChI=1S/C20H22ClFN4O2/c21-15-7-5-14(6-8-15)17(24-20(23)28)13-19(27)26-11-9-25(10-12-26)18-4-2-1-3-16(18)22/h1-8,17H,9-13H2,(H3,23,24,28). The maximum atomic E-state index is 14.0. The number of carbonyl (C=O) groups is 2. The number of amides is 3. The van der Waals surface area contributed by atoms with Crippen LogP contribution in [0.25, 0.3) is 0 Å². The Morgan fingerprint density at radius 1 is 1.07 bits per heavy atom. The number of hydrogen-bond donors (Lipinski definition) is 2. The summed E-state index contributed by atoms with van der Waals surface area (Å²) in [6.45, 7) is 2.05. The maximum absolute atomic E-state index is 14.0. The molecule has 0 radical (unpaired) electrons. The molecule has 2 aromatic carbocycles. The average molecular weight is 405 g/mol. The molecule has 3 N–H and O–H groups in total. The van der Waals surface area contributed by atoms with Crippen molar-refractivity contribution in [1.82, 2.24) is 10.2 Å². The highest BCUT2D eigenvalue weighted by atomic mass is 35.5. The van der Waals surface area contributed by atoms with Gasteiger partial charge in [-0.25, -0.2) is 9.18 Å². The average Bonchev–Trinajstić information content (AvgIpc) is 2.68. The minimum atomic E-state index is -0.697. The summed E-state index contributed by atoms with van der Waals surface area (Å²) in [6.07, 6.45) is 0.0876. The zero-order valence-corrected chi connectivity index (χ0v) is 16.0. The highest BCUT2D eigenvalue weighted by Crippen LogP contribution is 2.23. The van der Waals surface area contributed by atoms with Crippen molar-refractivity contribution in [1.29, 1.82) is 0 Å². The van der Waals surface area contributed by atoms with Crippen molar-refractivity contribution in [2.45, 2.75) is 12.5 Å². The van der Waals surface area contributed by atoms with Gasteiger partial charge in [0.05, 0.1) is 18.2 Å². The second kappa shape index (κ2) is 8.93. The van der Waals surface area contributed by atoms with E-state index in [-0.39, 0.29) is 18.1 Å². The van der Waals surface area contributed by atoms with Crippen LogP contribution < -0.4 is 16.0 Å². The molecule has 3 amide bonds. The number of carbonyl (C=O) groups excluding carboxylic acids is 2. The van der Waals surface area contributed by atoms with Crippen LogP contribution in [-0.4, -0.2) is 43.0 Å². The van der Waals surface area contributed by atoms with E-state index in [0.717, 1.165) is 5.56 Å². The first-order valence-electron chi connectivity index (χ1n) is 9.02. The summed E-state index contributed by atoms with van der Waals surface area (Å²) >= 11 is 5.91. The van der Waals surface area contributed by atoms with Gasteiger partial charge in [-0.05, 0) is 29.8 Å². The van der Waals surface area contributed by atoms with Crippen LogP contribution in [0.3, 0.4) is 0 Å². The first-order valence-corrected chi connectivity index (χ1v) is 9.40. The van der Waals surface area contributed by atoms with Gasteiger partial charge < -0.3 is 20.9 Å². The number of primary amides is 1. The molecule has 1 aliphatic heterocycles. The summed E-state index contributed by atoms with van der Waals surface area (Å²) in [4.78, 5) is 27.8. The first-order chi connectivity index (χ1) is 13.4. The topological polar surface area (TPSA) is 78.7 Å². The monoisotopic (exact) mass is 404 g/mol. The van der Waals surface area contributed by atoms with Crippen molar-refractivity contribution in [3.8, 4) is 0 Å². The number of halogens is 2. The zero-order valence-electron chi connectivity index (χ0n) is 15.3. The van der Waals surface area contributed by atoms with Crippen LogP contribution in [0.1, 0.15) is 18.0 Å². The Hall–Kier alpha value is -2.80. The number of anilines is 1. The number of nitrogens with zero attached hydrogens (tertiary/aromatic N) is 2. The molecule has 8 heteroatoms. The number of nitrogens with one attached hydrogen (secondary N) is 1. The predicted octanol–water partition coefficient (Wildman–Crippen LogP) is 2.93. The molecule has 3 rings (SSSR count). The molecule has 0 aliphatic carbocycles. The van der Waals surface area contributed by atoms with Gasteiger partial charge in [-0.1, -0.05) is 35.9 Å². The summed E-state index contributed by atoms with van der Waals surface area (Å²) in [6, 6.07) is 12.3. The molecule has 1 atom stereocenters. The normalized spacial score (nSPS) is 15.2. The second-order valence-electron chi connectivity index (χ2n) is 6.64. The van der Waals surface area contributed by atoms with E-state index in [2.05, 4.69) is 5.32 Å². The van der Waals surface area contributed by atoms with Crippen molar-refractivity contribution >= 4 is 29.2 Å². The van der Waals surface area contributed by atoms with E-state index in [4.69, 9.17) is 17.3 Å². The Morgan fingerprint density at radius 2 is 1.71 bits per heavy atom. The SMILES string of the molecule is NC(=O)NC(CC(=O)N1CCN(c2ccccc2F)CC1)c1ccc(Cl)cc1. The van der Waals surface area contributed by atoms with Crippen LogP contribution in [0.2, 0.25) is 5.02 Å². The highest BCUT2D eigenvalue weighted by Gasteiger charge is 2.25. The molecule has 2 aromatic rings. The number of urea groups is 1. The molecule has 1 unspecified atom stereocenters. The Kier molecular flexibility index (Phi) is 6.36. The van der Waals surface area contributed by atoms with E-state index in [0.29, 0.717) is 36.9 Å². The highest BCUT2D eigenvalue weighted by molar-refractivity contribution is 6.30. The van der Waals surface area contributed by atoms with Gasteiger partial charge in [0.2, 0.25) is 5.91 Å². The fourth-order valence-electron chi connectivity index (χ4n) is 3.33. The number of piperazine rings is 1. The van der Waals surface area contributed by atoms with E-state index < -0.39 is 12.1 Å². The third-order valence-electron chi connectivity index (χ3n) is 4.79. The lowest BCUT2D eigenvalue weighted by atomic mass is 10.0. The molecule has 0 aromatic heterocycles. The number of benzene rings is 2. The van der Waals surface area contributed by atoms with Gasteiger partial charge in [-0.2, -0.15) is 0 Å². The van der Waals surface area contributed by atoms with E-state index in [1.807, 2.05) is 4.90 Å². The molecule has 28 heavy (non-hydrogen) atoms. The Morgan fingerprint density at radius 3 is 2.32 bits per heavy atom. The Labute approximate surface area is 168 Å². The molecule has 0 spiro atoms. The first kappa shape index (κ1) is 19.9. The number of hydrogen-bond acceptors (Lipinski definition) is 3. The van der Waals surface area contributed by atoms with Crippen LogP contribution in [0, 0.1) is 5.82 Å². The van der Waals surface area contributed by atoms with Crippen molar-refractivity contribution < 1.29 is 14.0 Å². The van der Waals surface area contributed by atoms with Gasteiger partial charge in [-0.15, -0.1) is 0 Å². The molecule has 0 saturated carbocycles. The number of nitrogens with two attached hydrogens (primary N) is 1. The van der Waals surface area contributed by atoms with Crippen LogP contribution >= 0.6 is 11.6 Å². The van der Waals surface area contributed by atoms with Crippen LogP contribution in [0.15, 0.2) is 48.5 Å². The lowest BCUT2D eigenvalue weighted by Crippen LogP contribution is -2.49. The third-order valence-corrected chi connectivity index (χ3v) is 5.05. The second-order valence-corrected chi connectivity index (χ2v) is 7.07. The molecule has 1 saturated heterocycles. The van der Waals surface area contributed by atoms with E-state index in [1.54, 1.807) is 47.4 Å². The fourth-order valence-corrected chi connectivity index (χ4v) is 3.45. The zero-order chi connectivity index (χ0) is 20.1. The number of para-hydroxylation sites is 1. The lowest BCUT2D eigenvalue weighted by molar-refractivity contribution is -0.132. The quantitative estimate of drug-likeness (QED) is 0.804. The fraction of sp³-hybridized carbons (Fsp3) is 0.300. The maximum Gasteiger partial charge on any atom is 0.312 e. The summed E-state index contributed by atoms with van der Waals surface area (Å²) < 4.78 is 14.0. The summed E-state index contributed by atoms with van der Waals surface area (Å²) in [7, 11) is 0. The smallest absolute Gasteiger partial charge is 0.312 e. The van der Waals surface area contributed by atoms with Gasteiger partial charge in [0, 0.05) is 31.2 Å². The van der Waals surface area contributed by atoms with Gasteiger partial charge in [-0.3, -0.25) is 4.79 Å². The largest absolute Gasteiger partial charge is 0.366 e. The molecule has 148 valence electrons. The molecule has 0 bridgehead atoms. The molecule has 1 fully saturated rings. The molecule has 1 heterocycles. The van der Waals surface area contributed by atoms with Gasteiger partial charge >= 0.3 is 6.03 Å². The van der Waals surface area contributed by atoms with Crippen molar-refractivity contribution in [3.05, 3.63) is 64.9 Å². The van der Waals surface area contributed by atoms with E-state index >= 15 is 0 Å². The van der Waals surface area contributed by atoms with Gasteiger partial charge in [0.25, 0.3) is 0 Å². The predicted molar refractivity (Wildman–Crippen MR) is 107 cm³/mol. The van der Waals surface area contributed by atoms with Crippen LogP contribution in [0.4, 0.5) is 14.9 Å². The van der Waals surface area contributed by atoms with E-state index in [1.165, 1.54) is 6.07 Å². The molecular formula is C20H22ClFN4O2. The summed E-state index contributed by atoms with van der Waals surface area (Å²) in [5, 5.41) is 3.18. The van der Waals surface area contributed by atoms with Gasteiger partial charge in [0.1, 0.15) is 5.82 Å². The Bertz CT molecular complexity index is 838. The molecular weight excluding hydrogens is 383 g/mol. The van der Waals surface area contributed by atoms with Crippen molar-refractivity contribution in [3.63, 3.8) is 0 Å². The minimum Gasteiger partial charge on any atom is -0.366 e. The third kappa shape index (κ3) is 4.92. The van der Waals surface area contributed by atoms with Crippen molar-refractivity contribution in [2.24, 2.45) is 5.73 Å².